The van der Waals surface area contributed by atoms with E-state index in [0.717, 1.165) is 0 Å². The van der Waals surface area contributed by atoms with Crippen molar-refractivity contribution in [2.45, 2.75) is 18.6 Å². The highest BCUT2D eigenvalue weighted by molar-refractivity contribution is 7.48. The molecule has 2 fully saturated rings. The van der Waals surface area contributed by atoms with Crippen LogP contribution in [0.1, 0.15) is 6.42 Å². The third-order valence-electron chi connectivity index (χ3n) is 1.91. The molecule has 0 aromatic rings. The van der Waals surface area contributed by atoms with Gasteiger partial charge in [0, 0.05) is 6.42 Å². The van der Waals surface area contributed by atoms with E-state index in [2.05, 4.69) is 18.1 Å². The molecule has 15 heavy (non-hydrogen) atoms. The largest absolute Gasteiger partial charge is 0.513 e. The summed E-state index contributed by atoms with van der Waals surface area (Å²) in [6, 6.07) is 0. The maximum absolute atomic E-state index is 12.6. The maximum Gasteiger partial charge on any atom is 0.513 e. The Bertz CT molecular complexity index is 316. The van der Waals surface area contributed by atoms with Crippen molar-refractivity contribution in [3.05, 3.63) is 0 Å². The molecule has 2 aliphatic rings. The summed E-state index contributed by atoms with van der Waals surface area (Å²) in [5, 5.41) is 0. The van der Waals surface area contributed by atoms with E-state index in [1.165, 1.54) is 0 Å². The van der Waals surface area contributed by atoms with Gasteiger partial charge in [-0.15, -0.1) is 8.39 Å². The van der Waals surface area contributed by atoms with Gasteiger partial charge in [-0.25, -0.2) is 9.13 Å². The highest BCUT2D eigenvalue weighted by atomic mass is 31.2. The van der Waals surface area contributed by atoms with Crippen LogP contribution in [-0.4, -0.2) is 25.4 Å². The minimum Gasteiger partial charge on any atom is -0.281 e. The predicted octanol–water partition coefficient (Wildman–Crippen LogP) is 2.36. The molecule has 2 heterocycles. The van der Waals surface area contributed by atoms with Gasteiger partial charge in [-0.1, -0.05) is 0 Å². The molecular weight excluding hydrogens is 256 g/mol. The molecular formula is C5H8F2O6P2. The van der Waals surface area contributed by atoms with Crippen molar-refractivity contribution in [1.82, 2.24) is 0 Å². The fraction of sp³-hybridized carbons (Fsp3) is 1.00. The highest BCUT2D eigenvalue weighted by Gasteiger charge is 2.43. The molecule has 0 N–H and O–H groups in total. The van der Waals surface area contributed by atoms with Crippen LogP contribution in [0.15, 0.2) is 0 Å². The molecule has 4 unspecified atom stereocenters. The van der Waals surface area contributed by atoms with Gasteiger partial charge in [0.25, 0.3) is 0 Å². The van der Waals surface area contributed by atoms with Gasteiger partial charge in [-0.3, -0.25) is 18.1 Å². The van der Waals surface area contributed by atoms with Crippen LogP contribution >= 0.6 is 15.8 Å². The van der Waals surface area contributed by atoms with E-state index >= 15 is 0 Å². The van der Waals surface area contributed by atoms with Crippen LogP contribution in [0, 0.1) is 0 Å². The molecule has 0 bridgehead atoms. The summed E-state index contributed by atoms with van der Waals surface area (Å²) in [6.07, 6.45) is -1.58. The first-order valence-corrected chi connectivity index (χ1v) is 6.98. The van der Waals surface area contributed by atoms with Crippen LogP contribution in [0.2, 0.25) is 0 Å². The van der Waals surface area contributed by atoms with Gasteiger partial charge in [-0.2, -0.15) is 0 Å². The third-order valence-corrected chi connectivity index (χ3v) is 3.92. The molecule has 0 amide bonds. The van der Waals surface area contributed by atoms with E-state index in [1.54, 1.807) is 0 Å². The third kappa shape index (κ3) is 3.06. The summed E-state index contributed by atoms with van der Waals surface area (Å²) in [4.78, 5) is 0. The van der Waals surface area contributed by atoms with Crippen molar-refractivity contribution >= 4 is 15.8 Å². The second-order valence-electron chi connectivity index (χ2n) is 3.14. The Morgan fingerprint density at radius 2 is 1.40 bits per heavy atom. The standard InChI is InChI=1S/C5H8F2O6P2/c6-14(8)10-2-4(12-14)1-5-3-11-15(7,9)13-5/h4-5H,1-3H2. The van der Waals surface area contributed by atoms with E-state index in [4.69, 9.17) is 0 Å². The van der Waals surface area contributed by atoms with Crippen LogP contribution in [-0.2, 0) is 27.2 Å². The van der Waals surface area contributed by atoms with Crippen LogP contribution in [0.5, 0.6) is 0 Å². The van der Waals surface area contributed by atoms with Gasteiger partial charge in [0.05, 0.1) is 25.4 Å². The number of hydrogen-bond acceptors (Lipinski definition) is 6. The van der Waals surface area contributed by atoms with E-state index in [-0.39, 0.29) is 19.6 Å². The minimum absolute atomic E-state index is 0.0157. The average molecular weight is 264 g/mol. The van der Waals surface area contributed by atoms with Crippen LogP contribution in [0.3, 0.4) is 0 Å². The summed E-state index contributed by atoms with van der Waals surface area (Å²) < 4.78 is 63.7. The van der Waals surface area contributed by atoms with E-state index in [1.807, 2.05) is 0 Å². The van der Waals surface area contributed by atoms with Crippen LogP contribution in [0.4, 0.5) is 8.39 Å². The summed E-state index contributed by atoms with van der Waals surface area (Å²) in [6.45, 7) is -0.408. The molecule has 0 aromatic heterocycles. The summed E-state index contributed by atoms with van der Waals surface area (Å²) >= 11 is 0. The molecule has 0 aliphatic carbocycles. The van der Waals surface area contributed by atoms with E-state index in [9.17, 15) is 17.5 Å². The Labute approximate surface area is 84.1 Å². The molecule has 0 spiro atoms. The minimum atomic E-state index is -4.45. The number of hydrogen-bond donors (Lipinski definition) is 0. The van der Waals surface area contributed by atoms with Crippen molar-refractivity contribution in [2.24, 2.45) is 0 Å². The van der Waals surface area contributed by atoms with Gasteiger partial charge in [0.15, 0.2) is 0 Å². The molecule has 2 saturated heterocycles. The quantitative estimate of drug-likeness (QED) is 0.713. The molecule has 2 rings (SSSR count). The summed E-state index contributed by atoms with van der Waals surface area (Å²) in [7, 11) is -8.90. The van der Waals surface area contributed by atoms with Gasteiger partial charge in [-0.05, 0) is 0 Å². The van der Waals surface area contributed by atoms with Gasteiger partial charge < -0.3 is 0 Å². The second kappa shape index (κ2) is 3.87. The van der Waals surface area contributed by atoms with Crippen molar-refractivity contribution in [3.63, 3.8) is 0 Å². The molecule has 0 aromatic carbocycles. The fourth-order valence-corrected chi connectivity index (χ4v) is 3.15. The second-order valence-corrected chi connectivity index (χ2v) is 5.80. The maximum atomic E-state index is 12.6. The zero-order chi connectivity index (χ0) is 11.1. The molecule has 0 radical (unpaired) electrons. The first-order valence-electron chi connectivity index (χ1n) is 4.12. The molecule has 0 saturated carbocycles. The smallest absolute Gasteiger partial charge is 0.281 e. The van der Waals surface area contributed by atoms with Crippen molar-refractivity contribution in [3.8, 4) is 0 Å². The van der Waals surface area contributed by atoms with Gasteiger partial charge >= 0.3 is 15.8 Å². The molecule has 6 nitrogen and oxygen atoms in total. The lowest BCUT2D eigenvalue weighted by Crippen LogP contribution is -2.20. The highest BCUT2D eigenvalue weighted by Crippen LogP contribution is 2.58. The zero-order valence-electron chi connectivity index (χ0n) is 7.38. The Kier molecular flexibility index (Phi) is 3.01. The Hall–Kier alpha value is 0.160. The number of rotatable bonds is 2. The van der Waals surface area contributed by atoms with Gasteiger partial charge in [0.1, 0.15) is 0 Å². The summed E-state index contributed by atoms with van der Waals surface area (Å²) in [5.74, 6) is 0. The predicted molar refractivity (Wildman–Crippen MR) is 43.7 cm³/mol. The Morgan fingerprint density at radius 1 is 1.00 bits per heavy atom. The van der Waals surface area contributed by atoms with E-state index < -0.39 is 28.0 Å². The van der Waals surface area contributed by atoms with Crippen LogP contribution in [0.25, 0.3) is 0 Å². The average Bonchev–Trinajstić information content (AvgIpc) is 2.56. The first-order chi connectivity index (χ1) is 6.86. The normalized spacial score (nSPS) is 51.1. The van der Waals surface area contributed by atoms with E-state index in [0.29, 0.717) is 0 Å². The Morgan fingerprint density at radius 3 is 1.67 bits per heavy atom. The first kappa shape index (κ1) is 11.6. The fourth-order valence-electron chi connectivity index (χ4n) is 1.34. The lowest BCUT2D eigenvalue weighted by molar-refractivity contribution is 0.133. The van der Waals surface area contributed by atoms with Crippen LogP contribution < -0.4 is 0 Å². The van der Waals surface area contributed by atoms with Gasteiger partial charge in [0.2, 0.25) is 0 Å². The monoisotopic (exact) mass is 264 g/mol. The SMILES string of the molecule is O=P1(F)OCC(CC2COP(=O)(F)O2)O1. The zero-order valence-corrected chi connectivity index (χ0v) is 9.16. The van der Waals surface area contributed by atoms with Crippen molar-refractivity contribution < 1.29 is 35.6 Å². The molecule has 4 atom stereocenters. The molecule has 88 valence electrons. The van der Waals surface area contributed by atoms with Crippen molar-refractivity contribution in [2.75, 3.05) is 13.2 Å². The lowest BCUT2D eigenvalue weighted by atomic mass is 10.2. The number of halogens is 2. The lowest BCUT2D eigenvalue weighted by Gasteiger charge is -2.10. The Balaban J connectivity index is 1.85. The summed E-state index contributed by atoms with van der Waals surface area (Å²) in [5.41, 5.74) is 0. The molecule has 10 heteroatoms. The molecule has 2 aliphatic heterocycles. The topological polar surface area (TPSA) is 71.1 Å². The van der Waals surface area contributed by atoms with Crippen molar-refractivity contribution in [1.29, 1.82) is 0 Å².